The first kappa shape index (κ1) is 17.1. The van der Waals surface area contributed by atoms with Crippen LogP contribution in [0.4, 0.5) is 5.69 Å². The predicted octanol–water partition coefficient (Wildman–Crippen LogP) is 4.20. The van der Waals surface area contributed by atoms with Crippen LogP contribution in [0.15, 0.2) is 65.5 Å². The third-order valence-electron chi connectivity index (χ3n) is 4.82. The summed E-state index contributed by atoms with van der Waals surface area (Å²) < 4.78 is 1.79. The number of hydrogen-bond acceptors (Lipinski definition) is 3. The Kier molecular flexibility index (Phi) is 4.50. The van der Waals surface area contributed by atoms with Gasteiger partial charge < -0.3 is 10.3 Å². The average molecular weight is 358 g/mol. The van der Waals surface area contributed by atoms with E-state index in [9.17, 15) is 4.79 Å². The Morgan fingerprint density at radius 1 is 1.04 bits per heavy atom. The van der Waals surface area contributed by atoms with Crippen LogP contribution in [-0.2, 0) is 13.0 Å². The van der Waals surface area contributed by atoms with Crippen molar-refractivity contribution in [3.05, 3.63) is 87.8 Å². The Labute approximate surface area is 157 Å². The lowest BCUT2D eigenvalue weighted by atomic mass is 10.1. The van der Waals surface area contributed by atoms with Crippen molar-refractivity contribution in [2.75, 3.05) is 5.32 Å². The fourth-order valence-electron chi connectivity index (χ4n) is 3.34. The molecule has 136 valence electrons. The smallest absolute Gasteiger partial charge is 0.254 e. The number of para-hydroxylation sites is 2. The molecule has 0 atom stereocenters. The zero-order chi connectivity index (χ0) is 18.8. The standard InChI is InChI=1S/C22H22N4O/c1-3-16-9-7-8-12-20(16)23-14-17-13-19-15(2)25-26(21(19)24-22(17)27)18-10-5-4-6-11-18/h4-13,23H,3,14H2,1-2H3,(H,24,27). The first-order chi connectivity index (χ1) is 13.2. The maximum Gasteiger partial charge on any atom is 0.254 e. The van der Waals surface area contributed by atoms with E-state index in [0.717, 1.165) is 34.5 Å². The van der Waals surface area contributed by atoms with Gasteiger partial charge in [-0.15, -0.1) is 0 Å². The van der Waals surface area contributed by atoms with E-state index in [1.165, 1.54) is 5.56 Å². The lowest BCUT2D eigenvalue weighted by Crippen LogP contribution is -2.17. The minimum Gasteiger partial charge on any atom is -0.381 e. The number of nitrogens with one attached hydrogen (secondary N) is 2. The summed E-state index contributed by atoms with van der Waals surface area (Å²) in [7, 11) is 0. The van der Waals surface area contributed by atoms with Gasteiger partial charge in [0.2, 0.25) is 0 Å². The van der Waals surface area contributed by atoms with E-state index in [2.05, 4.69) is 28.4 Å². The Balaban J connectivity index is 1.70. The van der Waals surface area contributed by atoms with E-state index in [1.54, 1.807) is 4.68 Å². The highest BCUT2D eigenvalue weighted by Crippen LogP contribution is 2.21. The van der Waals surface area contributed by atoms with Gasteiger partial charge in [-0.2, -0.15) is 5.10 Å². The molecule has 5 heteroatoms. The van der Waals surface area contributed by atoms with Crippen molar-refractivity contribution >= 4 is 16.7 Å². The van der Waals surface area contributed by atoms with Crippen molar-refractivity contribution < 1.29 is 0 Å². The van der Waals surface area contributed by atoms with Crippen LogP contribution in [-0.4, -0.2) is 14.8 Å². The summed E-state index contributed by atoms with van der Waals surface area (Å²) in [5, 5.41) is 8.97. The Hall–Kier alpha value is -3.34. The third kappa shape index (κ3) is 3.24. The monoisotopic (exact) mass is 358 g/mol. The highest BCUT2D eigenvalue weighted by atomic mass is 16.1. The first-order valence-corrected chi connectivity index (χ1v) is 9.16. The molecular weight excluding hydrogens is 336 g/mol. The third-order valence-corrected chi connectivity index (χ3v) is 4.82. The first-order valence-electron chi connectivity index (χ1n) is 9.16. The normalized spacial score (nSPS) is 11.0. The van der Waals surface area contributed by atoms with Crippen LogP contribution in [0.5, 0.6) is 0 Å². The second-order valence-corrected chi connectivity index (χ2v) is 6.58. The van der Waals surface area contributed by atoms with Crippen LogP contribution in [0, 0.1) is 6.92 Å². The fraction of sp³-hybridized carbons (Fsp3) is 0.182. The van der Waals surface area contributed by atoms with Crippen molar-refractivity contribution in [1.29, 1.82) is 0 Å². The van der Waals surface area contributed by atoms with Gasteiger partial charge in [0, 0.05) is 23.2 Å². The molecule has 0 saturated carbocycles. The lowest BCUT2D eigenvalue weighted by Gasteiger charge is -2.10. The van der Waals surface area contributed by atoms with Gasteiger partial charge >= 0.3 is 0 Å². The molecule has 0 amide bonds. The molecule has 2 heterocycles. The summed E-state index contributed by atoms with van der Waals surface area (Å²) in [6.45, 7) is 4.56. The number of H-pyrrole nitrogens is 1. The predicted molar refractivity (Wildman–Crippen MR) is 110 cm³/mol. The molecule has 2 aromatic carbocycles. The molecule has 0 aliphatic heterocycles. The highest BCUT2D eigenvalue weighted by Gasteiger charge is 2.13. The number of fused-ring (bicyclic) bond motifs is 1. The van der Waals surface area contributed by atoms with Gasteiger partial charge in [-0.05, 0) is 43.2 Å². The molecule has 0 aliphatic carbocycles. The molecule has 2 N–H and O–H groups in total. The van der Waals surface area contributed by atoms with Crippen molar-refractivity contribution in [2.45, 2.75) is 26.8 Å². The SMILES string of the molecule is CCc1ccccc1NCc1cc2c(C)nn(-c3ccccc3)c2[nH]c1=O. The molecular formula is C22H22N4O. The molecule has 0 radical (unpaired) electrons. The van der Waals surface area contributed by atoms with E-state index in [-0.39, 0.29) is 5.56 Å². The van der Waals surface area contributed by atoms with E-state index in [0.29, 0.717) is 12.1 Å². The Morgan fingerprint density at radius 2 is 1.78 bits per heavy atom. The summed E-state index contributed by atoms with van der Waals surface area (Å²) in [5.74, 6) is 0. The number of nitrogens with zero attached hydrogens (tertiary/aromatic N) is 2. The quantitative estimate of drug-likeness (QED) is 0.562. The molecule has 27 heavy (non-hydrogen) atoms. The van der Waals surface area contributed by atoms with Gasteiger partial charge in [0.1, 0.15) is 5.65 Å². The van der Waals surface area contributed by atoms with Crippen LogP contribution in [0.2, 0.25) is 0 Å². The average Bonchev–Trinajstić information content (AvgIpc) is 3.02. The second kappa shape index (κ2) is 7.11. The molecule has 4 aromatic rings. The number of rotatable bonds is 5. The van der Waals surface area contributed by atoms with E-state index in [4.69, 9.17) is 0 Å². The zero-order valence-corrected chi connectivity index (χ0v) is 15.5. The highest BCUT2D eigenvalue weighted by molar-refractivity contribution is 5.80. The van der Waals surface area contributed by atoms with Gasteiger partial charge in [0.15, 0.2) is 0 Å². The van der Waals surface area contributed by atoms with Crippen LogP contribution in [0.25, 0.3) is 16.7 Å². The summed E-state index contributed by atoms with van der Waals surface area (Å²) in [4.78, 5) is 15.7. The van der Waals surface area contributed by atoms with Crippen LogP contribution < -0.4 is 10.9 Å². The summed E-state index contributed by atoms with van der Waals surface area (Å²) in [6, 6.07) is 19.9. The molecule has 4 rings (SSSR count). The molecule has 0 unspecified atom stereocenters. The minimum atomic E-state index is -0.0962. The Bertz CT molecular complexity index is 1140. The van der Waals surface area contributed by atoms with E-state index < -0.39 is 0 Å². The number of pyridine rings is 1. The van der Waals surface area contributed by atoms with Crippen LogP contribution in [0.3, 0.4) is 0 Å². The maximum absolute atomic E-state index is 12.7. The topological polar surface area (TPSA) is 62.7 Å². The number of aromatic amines is 1. The van der Waals surface area contributed by atoms with Crippen LogP contribution >= 0.6 is 0 Å². The summed E-state index contributed by atoms with van der Waals surface area (Å²) in [5.41, 5.74) is 5.44. The van der Waals surface area contributed by atoms with Crippen molar-refractivity contribution in [3.8, 4) is 5.69 Å². The number of aryl methyl sites for hydroxylation is 2. The molecule has 0 saturated heterocycles. The summed E-state index contributed by atoms with van der Waals surface area (Å²) >= 11 is 0. The molecule has 5 nitrogen and oxygen atoms in total. The molecule has 0 fully saturated rings. The second-order valence-electron chi connectivity index (χ2n) is 6.58. The van der Waals surface area contributed by atoms with Gasteiger partial charge in [0.05, 0.1) is 11.4 Å². The summed E-state index contributed by atoms with van der Waals surface area (Å²) in [6.07, 6.45) is 0.946. The number of hydrogen-bond donors (Lipinski definition) is 2. The van der Waals surface area contributed by atoms with Crippen molar-refractivity contribution in [2.24, 2.45) is 0 Å². The molecule has 0 aliphatic rings. The van der Waals surface area contributed by atoms with Gasteiger partial charge in [-0.3, -0.25) is 4.79 Å². The van der Waals surface area contributed by atoms with E-state index >= 15 is 0 Å². The molecule has 0 spiro atoms. The van der Waals surface area contributed by atoms with Gasteiger partial charge in [0.25, 0.3) is 5.56 Å². The molecule has 2 aromatic heterocycles. The number of anilines is 1. The van der Waals surface area contributed by atoms with Crippen molar-refractivity contribution in [3.63, 3.8) is 0 Å². The molecule has 0 bridgehead atoms. The van der Waals surface area contributed by atoms with Gasteiger partial charge in [-0.1, -0.05) is 43.3 Å². The van der Waals surface area contributed by atoms with Gasteiger partial charge in [-0.25, -0.2) is 4.68 Å². The van der Waals surface area contributed by atoms with Crippen molar-refractivity contribution in [1.82, 2.24) is 14.8 Å². The lowest BCUT2D eigenvalue weighted by molar-refractivity contribution is 0.874. The maximum atomic E-state index is 12.7. The zero-order valence-electron chi connectivity index (χ0n) is 15.5. The van der Waals surface area contributed by atoms with E-state index in [1.807, 2.05) is 61.5 Å². The number of benzene rings is 2. The Morgan fingerprint density at radius 3 is 2.56 bits per heavy atom. The fourth-order valence-corrected chi connectivity index (χ4v) is 3.34. The van der Waals surface area contributed by atoms with Crippen LogP contribution in [0.1, 0.15) is 23.7 Å². The minimum absolute atomic E-state index is 0.0962. The largest absolute Gasteiger partial charge is 0.381 e. The number of aromatic nitrogens is 3.